The first-order chi connectivity index (χ1) is 12.1. The van der Waals surface area contributed by atoms with E-state index in [1.54, 1.807) is 24.1 Å². The van der Waals surface area contributed by atoms with E-state index in [0.29, 0.717) is 17.3 Å². The zero-order chi connectivity index (χ0) is 18.1. The first kappa shape index (κ1) is 19.2. The molecular weight excluding hydrogens is 318 g/mol. The monoisotopic (exact) mass is 345 g/mol. The van der Waals surface area contributed by atoms with Crippen molar-refractivity contribution in [1.29, 1.82) is 5.26 Å². The van der Waals surface area contributed by atoms with Crippen molar-refractivity contribution in [2.45, 2.75) is 12.8 Å². The zero-order valence-corrected chi connectivity index (χ0v) is 15.1. The third-order valence-corrected chi connectivity index (χ3v) is 4.56. The molecule has 1 aliphatic heterocycles. The summed E-state index contributed by atoms with van der Waals surface area (Å²) in [6.07, 6.45) is 3.73. The summed E-state index contributed by atoms with van der Waals surface area (Å²) < 4.78 is 5.11. The predicted octanol–water partition coefficient (Wildman–Crippen LogP) is 0.864. The van der Waals surface area contributed by atoms with Crippen molar-refractivity contribution < 1.29 is 9.53 Å². The summed E-state index contributed by atoms with van der Waals surface area (Å²) in [5, 5.41) is 11.8. The second kappa shape index (κ2) is 9.97. The van der Waals surface area contributed by atoms with E-state index in [-0.39, 0.29) is 12.5 Å². The molecule has 1 aliphatic rings. The van der Waals surface area contributed by atoms with Crippen LogP contribution in [0.4, 0.5) is 5.82 Å². The quantitative estimate of drug-likeness (QED) is 0.753. The van der Waals surface area contributed by atoms with Crippen molar-refractivity contribution in [2.24, 2.45) is 5.92 Å². The van der Waals surface area contributed by atoms with Gasteiger partial charge >= 0.3 is 0 Å². The number of carbonyl (C=O) groups excluding carboxylic acids is 1. The Hall–Kier alpha value is -2.17. The summed E-state index contributed by atoms with van der Waals surface area (Å²) in [5.41, 5.74) is 0.512. The molecule has 0 radical (unpaired) electrons. The number of aromatic nitrogens is 1. The topological polar surface area (TPSA) is 81.5 Å². The first-order valence-electron chi connectivity index (χ1n) is 8.67. The van der Waals surface area contributed by atoms with Gasteiger partial charge in [-0.2, -0.15) is 5.26 Å². The van der Waals surface area contributed by atoms with Gasteiger partial charge in [-0.25, -0.2) is 4.98 Å². The van der Waals surface area contributed by atoms with Crippen molar-refractivity contribution in [3.63, 3.8) is 0 Å². The number of hydrogen-bond donors (Lipinski definition) is 1. The second-order valence-electron chi connectivity index (χ2n) is 6.45. The van der Waals surface area contributed by atoms with Gasteiger partial charge in [0.05, 0.1) is 18.7 Å². The lowest BCUT2D eigenvalue weighted by Gasteiger charge is -2.31. The van der Waals surface area contributed by atoms with Crippen LogP contribution in [-0.2, 0) is 9.53 Å². The van der Waals surface area contributed by atoms with E-state index >= 15 is 0 Å². The molecule has 1 fully saturated rings. The number of anilines is 1. The van der Waals surface area contributed by atoms with Crippen LogP contribution >= 0.6 is 0 Å². The molecule has 2 heterocycles. The lowest BCUT2D eigenvalue weighted by molar-refractivity contribution is -0.120. The van der Waals surface area contributed by atoms with E-state index in [2.05, 4.69) is 15.2 Å². The summed E-state index contributed by atoms with van der Waals surface area (Å²) in [6.45, 7) is 4.88. The molecule has 0 atom stereocenters. The van der Waals surface area contributed by atoms with Crippen LogP contribution in [0.15, 0.2) is 18.3 Å². The third-order valence-electron chi connectivity index (χ3n) is 4.56. The molecule has 1 saturated heterocycles. The normalized spacial score (nSPS) is 15.6. The Morgan fingerprint density at radius 3 is 2.84 bits per heavy atom. The Bertz CT molecular complexity index is 576. The smallest absolute Gasteiger partial charge is 0.239 e. The van der Waals surface area contributed by atoms with Crippen LogP contribution in [0.2, 0.25) is 0 Å². The Balaban J connectivity index is 1.67. The average molecular weight is 345 g/mol. The van der Waals surface area contributed by atoms with Crippen molar-refractivity contribution >= 4 is 11.7 Å². The maximum Gasteiger partial charge on any atom is 0.239 e. The highest BCUT2D eigenvalue weighted by molar-refractivity contribution is 5.80. The summed E-state index contributed by atoms with van der Waals surface area (Å²) in [6, 6.07) is 5.49. The van der Waals surface area contributed by atoms with Gasteiger partial charge in [-0.15, -0.1) is 0 Å². The third kappa shape index (κ3) is 6.33. The molecule has 2 rings (SSSR count). The molecule has 0 spiro atoms. The van der Waals surface area contributed by atoms with E-state index in [1.807, 2.05) is 13.1 Å². The van der Waals surface area contributed by atoms with Gasteiger partial charge in [0.1, 0.15) is 11.9 Å². The molecule has 0 unspecified atom stereocenters. The largest absolute Gasteiger partial charge is 0.383 e. The summed E-state index contributed by atoms with van der Waals surface area (Å²) in [7, 11) is 3.55. The number of nitrogens with one attached hydrogen (secondary N) is 1. The lowest BCUT2D eigenvalue weighted by Crippen LogP contribution is -2.42. The highest BCUT2D eigenvalue weighted by atomic mass is 16.5. The SMILES string of the molecule is COCCN1CCC(CNC(=O)CN(C)c2ccc(C#N)cn2)CC1. The maximum atomic E-state index is 12.1. The van der Waals surface area contributed by atoms with Crippen LogP contribution < -0.4 is 10.2 Å². The van der Waals surface area contributed by atoms with Gasteiger partial charge in [0.25, 0.3) is 0 Å². The average Bonchev–Trinajstić information content (AvgIpc) is 2.65. The number of ether oxygens (including phenoxy) is 1. The van der Waals surface area contributed by atoms with Crippen molar-refractivity contribution in [1.82, 2.24) is 15.2 Å². The second-order valence-corrected chi connectivity index (χ2v) is 6.45. The molecule has 1 aromatic rings. The van der Waals surface area contributed by atoms with E-state index in [1.165, 1.54) is 6.20 Å². The summed E-state index contributed by atoms with van der Waals surface area (Å²) in [5.74, 6) is 1.22. The van der Waals surface area contributed by atoms with Gasteiger partial charge in [-0.1, -0.05) is 0 Å². The minimum absolute atomic E-state index is 0.00419. The number of nitriles is 1. The van der Waals surface area contributed by atoms with Gasteiger partial charge in [-0.3, -0.25) is 4.79 Å². The number of pyridine rings is 1. The highest BCUT2D eigenvalue weighted by Gasteiger charge is 2.19. The lowest BCUT2D eigenvalue weighted by atomic mass is 9.97. The molecule has 1 amide bonds. The standard InChI is InChI=1S/C18H27N5O2/c1-22(17-4-3-16(11-19)13-20-17)14-18(24)21-12-15-5-7-23(8-6-15)9-10-25-2/h3-4,13,15H,5-10,12,14H2,1-2H3,(H,21,24). The number of nitrogens with zero attached hydrogens (tertiary/aromatic N) is 4. The number of likely N-dealkylation sites (N-methyl/N-ethyl adjacent to an activating group) is 1. The summed E-state index contributed by atoms with van der Waals surface area (Å²) in [4.78, 5) is 20.5. The fraction of sp³-hybridized carbons (Fsp3) is 0.611. The Morgan fingerprint density at radius 2 is 2.24 bits per heavy atom. The van der Waals surface area contributed by atoms with Crippen LogP contribution in [0.25, 0.3) is 0 Å². The molecule has 1 aromatic heterocycles. The number of amides is 1. The Morgan fingerprint density at radius 1 is 1.48 bits per heavy atom. The molecule has 136 valence electrons. The Kier molecular flexibility index (Phi) is 7.64. The molecule has 7 heteroatoms. The van der Waals surface area contributed by atoms with Gasteiger partial charge in [-0.05, 0) is 44.0 Å². The van der Waals surface area contributed by atoms with Gasteiger partial charge in [0.2, 0.25) is 5.91 Å². The van der Waals surface area contributed by atoms with Crippen LogP contribution in [0.5, 0.6) is 0 Å². The highest BCUT2D eigenvalue weighted by Crippen LogP contribution is 2.16. The van der Waals surface area contributed by atoms with Crippen LogP contribution in [0, 0.1) is 17.2 Å². The van der Waals surface area contributed by atoms with E-state index in [9.17, 15) is 4.79 Å². The van der Waals surface area contributed by atoms with Crippen molar-refractivity contribution in [2.75, 3.05) is 58.4 Å². The fourth-order valence-electron chi connectivity index (χ4n) is 2.92. The number of methoxy groups -OCH3 is 1. The van der Waals surface area contributed by atoms with Gasteiger partial charge < -0.3 is 19.9 Å². The summed E-state index contributed by atoms with van der Waals surface area (Å²) >= 11 is 0. The molecule has 7 nitrogen and oxygen atoms in total. The first-order valence-corrected chi connectivity index (χ1v) is 8.67. The molecule has 1 N–H and O–H groups in total. The minimum atomic E-state index is -0.00419. The molecule has 25 heavy (non-hydrogen) atoms. The minimum Gasteiger partial charge on any atom is -0.383 e. The van der Waals surface area contributed by atoms with Crippen molar-refractivity contribution in [3.05, 3.63) is 23.9 Å². The predicted molar refractivity (Wildman–Crippen MR) is 96.3 cm³/mol. The van der Waals surface area contributed by atoms with Gasteiger partial charge in [0.15, 0.2) is 0 Å². The van der Waals surface area contributed by atoms with Crippen LogP contribution in [0.3, 0.4) is 0 Å². The Labute approximate surface area is 149 Å². The fourth-order valence-corrected chi connectivity index (χ4v) is 2.92. The molecule has 0 saturated carbocycles. The number of piperidine rings is 1. The molecule has 0 aromatic carbocycles. The van der Waals surface area contributed by atoms with Crippen molar-refractivity contribution in [3.8, 4) is 6.07 Å². The zero-order valence-electron chi connectivity index (χ0n) is 15.1. The van der Waals surface area contributed by atoms with E-state index in [0.717, 1.165) is 45.6 Å². The molecule has 0 bridgehead atoms. The number of hydrogen-bond acceptors (Lipinski definition) is 6. The number of rotatable bonds is 8. The van der Waals surface area contributed by atoms with Crippen LogP contribution in [-0.4, -0.2) is 69.3 Å². The van der Waals surface area contributed by atoms with Crippen LogP contribution in [0.1, 0.15) is 18.4 Å². The van der Waals surface area contributed by atoms with E-state index in [4.69, 9.17) is 10.00 Å². The molecular formula is C18H27N5O2. The van der Waals surface area contributed by atoms with Gasteiger partial charge in [0, 0.05) is 33.4 Å². The van der Waals surface area contributed by atoms with E-state index < -0.39 is 0 Å². The number of carbonyl (C=O) groups is 1. The number of likely N-dealkylation sites (tertiary alicyclic amines) is 1. The maximum absolute atomic E-state index is 12.1. The molecule has 0 aliphatic carbocycles.